The molecule has 2 heterocycles. The van der Waals surface area contributed by atoms with Gasteiger partial charge in [-0.2, -0.15) is 4.98 Å². The Morgan fingerprint density at radius 1 is 1.50 bits per heavy atom. The van der Waals surface area contributed by atoms with Crippen LogP contribution in [0.2, 0.25) is 0 Å². The maximum absolute atomic E-state index is 12.4. The molecule has 1 amide bonds. The van der Waals surface area contributed by atoms with Crippen molar-refractivity contribution in [3.63, 3.8) is 0 Å². The largest absolute Gasteiger partial charge is 0.339 e. The molecule has 0 bridgehead atoms. The fraction of sp³-hybridized carbons (Fsp3) is 0.571. The molecule has 7 nitrogen and oxygen atoms in total. The molecule has 1 unspecified atom stereocenters. The van der Waals surface area contributed by atoms with Gasteiger partial charge in [0.15, 0.2) is 5.82 Å². The summed E-state index contributed by atoms with van der Waals surface area (Å²) in [7, 11) is 0. The molecule has 0 aliphatic heterocycles. The van der Waals surface area contributed by atoms with Crippen LogP contribution in [0.4, 0.5) is 0 Å². The van der Waals surface area contributed by atoms with E-state index in [-0.39, 0.29) is 5.91 Å². The highest BCUT2D eigenvalue weighted by molar-refractivity contribution is 7.07. The van der Waals surface area contributed by atoms with E-state index in [1.54, 1.807) is 10.4 Å². The van der Waals surface area contributed by atoms with Crippen LogP contribution in [0.5, 0.6) is 0 Å². The van der Waals surface area contributed by atoms with Crippen LogP contribution in [0.25, 0.3) is 0 Å². The average molecular weight is 323 g/mol. The summed E-state index contributed by atoms with van der Waals surface area (Å²) in [5.74, 6) is 0.990. The molecule has 8 heteroatoms. The SMILES string of the molecule is CCCc1nc(CN(CC)C(=O)C(N)Cc2cscn2)no1. The van der Waals surface area contributed by atoms with Gasteiger partial charge in [-0.25, -0.2) is 4.98 Å². The van der Waals surface area contributed by atoms with Gasteiger partial charge in [0.25, 0.3) is 0 Å². The maximum atomic E-state index is 12.4. The molecule has 0 fully saturated rings. The first kappa shape index (κ1) is 16.6. The van der Waals surface area contributed by atoms with E-state index >= 15 is 0 Å². The Balaban J connectivity index is 1.95. The van der Waals surface area contributed by atoms with Crippen molar-refractivity contribution in [2.24, 2.45) is 5.73 Å². The number of thiazole rings is 1. The highest BCUT2D eigenvalue weighted by Gasteiger charge is 2.22. The first-order chi connectivity index (χ1) is 10.6. The van der Waals surface area contributed by atoms with Crippen LogP contribution < -0.4 is 5.73 Å². The van der Waals surface area contributed by atoms with E-state index in [0.29, 0.717) is 31.2 Å². The summed E-state index contributed by atoms with van der Waals surface area (Å²) in [4.78, 5) is 22.5. The second-order valence-electron chi connectivity index (χ2n) is 5.00. The van der Waals surface area contributed by atoms with E-state index in [9.17, 15) is 4.79 Å². The van der Waals surface area contributed by atoms with Crippen LogP contribution in [-0.4, -0.2) is 38.5 Å². The van der Waals surface area contributed by atoms with Crippen molar-refractivity contribution >= 4 is 17.2 Å². The molecular formula is C14H21N5O2S. The van der Waals surface area contributed by atoms with Gasteiger partial charge in [0.05, 0.1) is 23.8 Å². The van der Waals surface area contributed by atoms with Gasteiger partial charge in [-0.3, -0.25) is 4.79 Å². The van der Waals surface area contributed by atoms with Crippen LogP contribution in [0, 0.1) is 0 Å². The molecular weight excluding hydrogens is 302 g/mol. The minimum absolute atomic E-state index is 0.127. The lowest BCUT2D eigenvalue weighted by atomic mass is 10.1. The monoisotopic (exact) mass is 323 g/mol. The summed E-state index contributed by atoms with van der Waals surface area (Å²) < 4.78 is 5.14. The number of aryl methyl sites for hydroxylation is 1. The fourth-order valence-corrected chi connectivity index (χ4v) is 2.64. The molecule has 2 aromatic heterocycles. The number of aromatic nitrogens is 3. The standard InChI is InChI=1S/C14H21N5O2S/c1-3-5-13-17-12(18-21-13)7-19(4-2)14(20)11(15)6-10-8-22-9-16-10/h8-9,11H,3-7,15H2,1-2H3. The molecule has 2 N–H and O–H groups in total. The van der Waals surface area contributed by atoms with E-state index in [1.807, 2.05) is 19.2 Å². The van der Waals surface area contributed by atoms with E-state index in [0.717, 1.165) is 18.5 Å². The van der Waals surface area contributed by atoms with E-state index in [1.165, 1.54) is 11.3 Å². The Morgan fingerprint density at radius 2 is 2.32 bits per heavy atom. The van der Waals surface area contributed by atoms with E-state index < -0.39 is 6.04 Å². The van der Waals surface area contributed by atoms with Crippen LogP contribution in [0.15, 0.2) is 15.4 Å². The van der Waals surface area contributed by atoms with Crippen LogP contribution in [0.3, 0.4) is 0 Å². The Hall–Kier alpha value is -1.80. The van der Waals surface area contributed by atoms with Crippen molar-refractivity contribution in [3.8, 4) is 0 Å². The third-order valence-electron chi connectivity index (χ3n) is 3.23. The highest BCUT2D eigenvalue weighted by atomic mass is 32.1. The molecule has 2 rings (SSSR count). The van der Waals surface area contributed by atoms with Gasteiger partial charge in [0, 0.05) is 24.8 Å². The van der Waals surface area contributed by atoms with Gasteiger partial charge >= 0.3 is 0 Å². The van der Waals surface area contributed by atoms with Crippen LogP contribution in [-0.2, 0) is 24.2 Å². The number of amides is 1. The number of hydrogen-bond acceptors (Lipinski definition) is 7. The normalized spacial score (nSPS) is 12.3. The van der Waals surface area contributed by atoms with Gasteiger partial charge in [0.2, 0.25) is 11.8 Å². The second-order valence-corrected chi connectivity index (χ2v) is 5.72. The van der Waals surface area contributed by atoms with Crippen molar-refractivity contribution in [1.29, 1.82) is 0 Å². The van der Waals surface area contributed by atoms with Crippen LogP contribution in [0.1, 0.15) is 37.7 Å². The summed E-state index contributed by atoms with van der Waals surface area (Å²) in [5, 5.41) is 5.81. The summed E-state index contributed by atoms with van der Waals surface area (Å²) in [5.41, 5.74) is 8.57. The molecule has 120 valence electrons. The summed E-state index contributed by atoms with van der Waals surface area (Å²) in [6.45, 7) is 4.80. The molecule has 0 aliphatic rings. The molecule has 0 aliphatic carbocycles. The molecule has 0 saturated carbocycles. The number of carbonyl (C=O) groups excluding carboxylic acids is 1. The number of rotatable bonds is 8. The van der Waals surface area contributed by atoms with Crippen molar-refractivity contribution < 1.29 is 9.32 Å². The zero-order valence-electron chi connectivity index (χ0n) is 12.9. The Bertz CT molecular complexity index is 584. The first-order valence-electron chi connectivity index (χ1n) is 7.36. The Morgan fingerprint density at radius 3 is 2.95 bits per heavy atom. The number of nitrogens with two attached hydrogens (primary N) is 1. The lowest BCUT2D eigenvalue weighted by Crippen LogP contribution is -2.44. The molecule has 0 saturated heterocycles. The van der Waals surface area contributed by atoms with Crippen LogP contribution >= 0.6 is 11.3 Å². The van der Waals surface area contributed by atoms with Crippen molar-refractivity contribution in [1.82, 2.24) is 20.0 Å². The van der Waals surface area contributed by atoms with Gasteiger partial charge < -0.3 is 15.2 Å². The van der Waals surface area contributed by atoms with Gasteiger partial charge in [-0.15, -0.1) is 11.3 Å². The summed E-state index contributed by atoms with van der Waals surface area (Å²) in [6.07, 6.45) is 2.12. The van der Waals surface area contributed by atoms with Gasteiger partial charge in [-0.1, -0.05) is 12.1 Å². The van der Waals surface area contributed by atoms with Gasteiger partial charge in [-0.05, 0) is 13.3 Å². The van der Waals surface area contributed by atoms with Crippen molar-refractivity contribution in [3.05, 3.63) is 28.3 Å². The molecule has 0 radical (unpaired) electrons. The molecule has 22 heavy (non-hydrogen) atoms. The Kier molecular flexibility index (Phi) is 6.02. The zero-order valence-corrected chi connectivity index (χ0v) is 13.7. The Labute approximate surface area is 133 Å². The first-order valence-corrected chi connectivity index (χ1v) is 8.31. The average Bonchev–Trinajstić information content (AvgIpc) is 3.16. The molecule has 0 spiro atoms. The minimum atomic E-state index is -0.607. The predicted octanol–water partition coefficient (Wildman–Crippen LogP) is 1.40. The number of carbonyl (C=O) groups is 1. The predicted molar refractivity (Wildman–Crippen MR) is 83.2 cm³/mol. The van der Waals surface area contributed by atoms with Crippen molar-refractivity contribution in [2.75, 3.05) is 6.54 Å². The fourth-order valence-electron chi connectivity index (χ4n) is 2.07. The molecule has 1 atom stereocenters. The van der Waals surface area contributed by atoms with E-state index in [2.05, 4.69) is 15.1 Å². The maximum Gasteiger partial charge on any atom is 0.240 e. The summed E-state index contributed by atoms with van der Waals surface area (Å²) >= 11 is 1.49. The minimum Gasteiger partial charge on any atom is -0.339 e. The number of likely N-dealkylation sites (N-methyl/N-ethyl adjacent to an activating group) is 1. The van der Waals surface area contributed by atoms with Crippen molar-refractivity contribution in [2.45, 2.75) is 45.7 Å². The quantitative estimate of drug-likeness (QED) is 0.788. The van der Waals surface area contributed by atoms with E-state index in [4.69, 9.17) is 10.3 Å². The third kappa shape index (κ3) is 4.35. The smallest absolute Gasteiger partial charge is 0.240 e. The van der Waals surface area contributed by atoms with Gasteiger partial charge in [0.1, 0.15) is 0 Å². The lowest BCUT2D eigenvalue weighted by Gasteiger charge is -2.22. The highest BCUT2D eigenvalue weighted by Crippen LogP contribution is 2.08. The molecule has 0 aromatic carbocycles. The number of hydrogen-bond donors (Lipinski definition) is 1. The number of nitrogens with zero attached hydrogens (tertiary/aromatic N) is 4. The third-order valence-corrected chi connectivity index (χ3v) is 3.86. The zero-order chi connectivity index (χ0) is 15.9. The summed E-state index contributed by atoms with van der Waals surface area (Å²) in [6, 6.07) is -0.607. The molecule has 2 aromatic rings. The second kappa shape index (κ2) is 8.00. The lowest BCUT2D eigenvalue weighted by molar-refractivity contribution is -0.133. The topological polar surface area (TPSA) is 98.1 Å².